The summed E-state index contributed by atoms with van der Waals surface area (Å²) in [6.45, 7) is 1.87. The van der Waals surface area contributed by atoms with Gasteiger partial charge in [-0.15, -0.1) is 11.3 Å². The second-order valence-electron chi connectivity index (χ2n) is 6.85. The molecule has 30 heavy (non-hydrogen) atoms. The van der Waals surface area contributed by atoms with Crippen LogP contribution in [0, 0.1) is 12.7 Å². The van der Waals surface area contributed by atoms with Crippen molar-refractivity contribution in [3.8, 4) is 5.75 Å². The molecule has 0 spiro atoms. The minimum absolute atomic E-state index is 0.0278. The Hall–Kier alpha value is -3.45. The van der Waals surface area contributed by atoms with E-state index in [0.29, 0.717) is 11.3 Å². The van der Waals surface area contributed by atoms with Gasteiger partial charge in [0.1, 0.15) is 23.4 Å². The number of carbonyl (C=O) groups is 2. The van der Waals surface area contributed by atoms with Gasteiger partial charge in [0.25, 0.3) is 11.7 Å². The van der Waals surface area contributed by atoms with Crippen molar-refractivity contribution in [1.29, 1.82) is 0 Å². The van der Waals surface area contributed by atoms with Crippen molar-refractivity contribution in [2.24, 2.45) is 0 Å². The van der Waals surface area contributed by atoms with Crippen molar-refractivity contribution in [3.63, 3.8) is 0 Å². The number of Topliss-reactive ketones (excluding diaryl/α,β-unsaturated/α-hetero) is 1. The van der Waals surface area contributed by atoms with E-state index in [9.17, 15) is 19.1 Å². The molecule has 7 heteroatoms. The first kappa shape index (κ1) is 19.8. The van der Waals surface area contributed by atoms with Crippen LogP contribution in [-0.4, -0.2) is 23.9 Å². The van der Waals surface area contributed by atoms with Crippen molar-refractivity contribution in [1.82, 2.24) is 0 Å². The summed E-state index contributed by atoms with van der Waals surface area (Å²) in [5.41, 5.74) is 1.48. The van der Waals surface area contributed by atoms with Gasteiger partial charge in [-0.05, 0) is 66.4 Å². The van der Waals surface area contributed by atoms with Crippen molar-refractivity contribution >= 4 is 34.5 Å². The average Bonchev–Trinajstić information content (AvgIpc) is 3.28. The summed E-state index contributed by atoms with van der Waals surface area (Å²) in [6, 6.07) is 13.1. The van der Waals surface area contributed by atoms with E-state index < -0.39 is 23.5 Å². The summed E-state index contributed by atoms with van der Waals surface area (Å²) in [4.78, 5) is 28.0. The predicted molar refractivity (Wildman–Crippen MR) is 113 cm³/mol. The lowest BCUT2D eigenvalue weighted by Crippen LogP contribution is -2.29. The highest BCUT2D eigenvalue weighted by atomic mass is 32.1. The Morgan fingerprint density at radius 1 is 1.13 bits per heavy atom. The molecule has 1 saturated heterocycles. The number of hydrogen-bond donors (Lipinski definition) is 1. The number of anilines is 1. The number of rotatable bonds is 4. The lowest BCUT2D eigenvalue weighted by molar-refractivity contribution is -0.132. The van der Waals surface area contributed by atoms with Gasteiger partial charge >= 0.3 is 0 Å². The third-order valence-electron chi connectivity index (χ3n) is 5.04. The molecule has 0 bridgehead atoms. The first-order valence-corrected chi connectivity index (χ1v) is 10.1. The Balaban J connectivity index is 1.93. The largest absolute Gasteiger partial charge is 0.507 e. The second-order valence-corrected chi connectivity index (χ2v) is 7.79. The number of aliphatic hydroxyl groups excluding tert-OH is 1. The summed E-state index contributed by atoms with van der Waals surface area (Å²) < 4.78 is 19.0. The molecule has 5 nitrogen and oxygen atoms in total. The fourth-order valence-electron chi connectivity index (χ4n) is 3.54. The van der Waals surface area contributed by atoms with Crippen LogP contribution in [-0.2, 0) is 9.59 Å². The van der Waals surface area contributed by atoms with Crippen molar-refractivity contribution < 1.29 is 23.8 Å². The third-order valence-corrected chi connectivity index (χ3v) is 6.12. The summed E-state index contributed by atoms with van der Waals surface area (Å²) >= 11 is 1.37. The summed E-state index contributed by atoms with van der Waals surface area (Å²) in [5.74, 6) is -1.84. The number of hydrogen-bond acceptors (Lipinski definition) is 5. The maximum absolute atomic E-state index is 13.9. The van der Waals surface area contributed by atoms with E-state index in [1.165, 1.54) is 41.5 Å². The van der Waals surface area contributed by atoms with Crippen LogP contribution in [0.3, 0.4) is 0 Å². The Morgan fingerprint density at radius 3 is 2.47 bits per heavy atom. The molecular formula is C23H18FNO4S. The highest BCUT2D eigenvalue weighted by Gasteiger charge is 2.48. The number of nitrogens with zero attached hydrogens (tertiary/aromatic N) is 1. The van der Waals surface area contributed by atoms with Crippen molar-refractivity contribution in [2.45, 2.75) is 13.0 Å². The summed E-state index contributed by atoms with van der Waals surface area (Å²) in [7, 11) is 1.53. The van der Waals surface area contributed by atoms with Gasteiger partial charge in [0.2, 0.25) is 0 Å². The van der Waals surface area contributed by atoms with Gasteiger partial charge < -0.3 is 9.84 Å². The van der Waals surface area contributed by atoms with E-state index in [1.807, 2.05) is 18.4 Å². The molecular weight excluding hydrogens is 405 g/mol. The van der Waals surface area contributed by atoms with E-state index >= 15 is 0 Å². The average molecular weight is 423 g/mol. The zero-order chi connectivity index (χ0) is 21.4. The SMILES string of the molecule is COc1ccc(/C(O)=C2/C(=O)C(=O)N(c3cccc(F)c3)C2c2sccc2C)cc1. The Bertz CT molecular complexity index is 1170. The highest BCUT2D eigenvalue weighted by Crippen LogP contribution is 2.44. The third kappa shape index (κ3) is 3.27. The van der Waals surface area contributed by atoms with Crippen LogP contribution in [0.15, 0.2) is 65.6 Å². The number of aliphatic hydroxyl groups is 1. The molecule has 3 aromatic rings. The van der Waals surface area contributed by atoms with E-state index in [2.05, 4.69) is 0 Å². The minimum Gasteiger partial charge on any atom is -0.507 e. The maximum atomic E-state index is 13.9. The molecule has 1 N–H and O–H groups in total. The number of methoxy groups -OCH3 is 1. The normalized spacial score (nSPS) is 18.1. The first-order valence-electron chi connectivity index (χ1n) is 9.17. The number of ketones is 1. The quantitative estimate of drug-likeness (QED) is 0.371. The molecule has 1 fully saturated rings. The van der Waals surface area contributed by atoms with Crippen LogP contribution in [0.25, 0.3) is 5.76 Å². The number of carbonyl (C=O) groups excluding carboxylic acids is 2. The molecule has 152 valence electrons. The molecule has 0 radical (unpaired) electrons. The Kier molecular flexibility index (Phi) is 5.13. The molecule has 1 aliphatic rings. The standard InChI is InChI=1S/C23H18FNO4S/c1-13-10-11-30-22(13)19-18(20(26)14-6-8-17(29-2)9-7-14)21(27)23(28)25(19)16-5-3-4-15(24)12-16/h3-12,19,26H,1-2H3/b20-18-. The molecule has 4 rings (SSSR count). The van der Waals surface area contributed by atoms with Crippen LogP contribution in [0.4, 0.5) is 10.1 Å². The number of amides is 1. The molecule has 0 saturated carbocycles. The fraction of sp³-hybridized carbons (Fsp3) is 0.130. The predicted octanol–water partition coefficient (Wildman–Crippen LogP) is 4.83. The number of halogens is 1. The lowest BCUT2D eigenvalue weighted by Gasteiger charge is -2.25. The molecule has 1 aromatic heterocycles. The molecule has 1 unspecified atom stereocenters. The zero-order valence-corrected chi connectivity index (χ0v) is 17.1. The monoisotopic (exact) mass is 423 g/mol. The highest BCUT2D eigenvalue weighted by molar-refractivity contribution is 7.10. The first-order chi connectivity index (χ1) is 14.4. The van der Waals surface area contributed by atoms with Crippen LogP contribution in [0.1, 0.15) is 22.0 Å². The smallest absolute Gasteiger partial charge is 0.300 e. The van der Waals surface area contributed by atoms with Crippen LogP contribution in [0.5, 0.6) is 5.75 Å². The van der Waals surface area contributed by atoms with Crippen LogP contribution >= 0.6 is 11.3 Å². The van der Waals surface area contributed by atoms with Crippen molar-refractivity contribution in [3.05, 3.63) is 87.4 Å². The van der Waals surface area contributed by atoms with Gasteiger partial charge in [-0.3, -0.25) is 14.5 Å². The lowest BCUT2D eigenvalue weighted by atomic mass is 9.98. The Morgan fingerprint density at radius 2 is 1.87 bits per heavy atom. The molecule has 0 aliphatic carbocycles. The van der Waals surface area contributed by atoms with Crippen LogP contribution in [0.2, 0.25) is 0 Å². The molecule has 1 amide bonds. The van der Waals surface area contributed by atoms with E-state index in [0.717, 1.165) is 10.4 Å². The van der Waals surface area contributed by atoms with Gasteiger partial charge in [-0.2, -0.15) is 0 Å². The minimum atomic E-state index is -0.853. The van der Waals surface area contributed by atoms with Gasteiger partial charge in [-0.25, -0.2) is 4.39 Å². The van der Waals surface area contributed by atoms with Gasteiger partial charge in [0, 0.05) is 16.1 Å². The molecule has 2 aromatic carbocycles. The van der Waals surface area contributed by atoms with E-state index in [-0.39, 0.29) is 17.0 Å². The number of thiophene rings is 1. The number of aryl methyl sites for hydroxylation is 1. The second kappa shape index (κ2) is 7.76. The number of benzene rings is 2. The van der Waals surface area contributed by atoms with Crippen molar-refractivity contribution in [2.75, 3.05) is 12.0 Å². The fourth-order valence-corrected chi connectivity index (χ4v) is 4.57. The van der Waals surface area contributed by atoms with Gasteiger partial charge in [-0.1, -0.05) is 6.07 Å². The molecule has 1 aliphatic heterocycles. The van der Waals surface area contributed by atoms with Gasteiger partial charge in [0.05, 0.1) is 12.7 Å². The van der Waals surface area contributed by atoms with Crippen LogP contribution < -0.4 is 9.64 Å². The topological polar surface area (TPSA) is 66.8 Å². The zero-order valence-electron chi connectivity index (χ0n) is 16.3. The number of ether oxygens (including phenoxy) is 1. The molecule has 2 heterocycles. The Labute approximate surface area is 176 Å². The maximum Gasteiger partial charge on any atom is 0.300 e. The summed E-state index contributed by atoms with van der Waals surface area (Å²) in [5, 5.41) is 12.9. The van der Waals surface area contributed by atoms with E-state index in [4.69, 9.17) is 4.74 Å². The molecule has 1 atom stereocenters. The summed E-state index contributed by atoms with van der Waals surface area (Å²) in [6.07, 6.45) is 0. The van der Waals surface area contributed by atoms with Gasteiger partial charge in [0.15, 0.2) is 0 Å². The van der Waals surface area contributed by atoms with E-state index in [1.54, 1.807) is 30.3 Å².